The van der Waals surface area contributed by atoms with Crippen molar-refractivity contribution in [1.82, 2.24) is 15.4 Å². The van der Waals surface area contributed by atoms with Gasteiger partial charge in [0.15, 0.2) is 0 Å². The van der Waals surface area contributed by atoms with Gasteiger partial charge < -0.3 is 0 Å². The molecule has 3 aromatic rings. The summed E-state index contributed by atoms with van der Waals surface area (Å²) in [6.45, 7) is 3.14. The van der Waals surface area contributed by atoms with Gasteiger partial charge in [0.1, 0.15) is 5.01 Å². The smallest absolute Gasteiger partial charge is 0.108 e. The molecule has 1 N–H and O–H groups in total. The monoisotopic (exact) mass is 323 g/mol. The van der Waals surface area contributed by atoms with Gasteiger partial charge in [-0.1, -0.05) is 48.9 Å². The van der Waals surface area contributed by atoms with Crippen molar-refractivity contribution < 1.29 is 0 Å². The van der Waals surface area contributed by atoms with Gasteiger partial charge in [-0.05, 0) is 23.6 Å². The van der Waals surface area contributed by atoms with Crippen molar-refractivity contribution in [2.45, 2.75) is 25.8 Å². The minimum absolute atomic E-state index is 0.829. The van der Waals surface area contributed by atoms with Crippen LogP contribution >= 0.6 is 11.3 Å². The van der Waals surface area contributed by atoms with Crippen LogP contribution in [-0.4, -0.2) is 23.1 Å². The molecule has 0 atom stereocenters. The van der Waals surface area contributed by atoms with Crippen molar-refractivity contribution in [3.8, 4) is 10.4 Å². The van der Waals surface area contributed by atoms with Crippen LogP contribution in [-0.2, 0) is 6.54 Å². The van der Waals surface area contributed by atoms with E-state index >= 15 is 0 Å². The second-order valence-electron chi connectivity index (χ2n) is 6.03. The van der Waals surface area contributed by atoms with E-state index in [1.807, 2.05) is 6.20 Å². The van der Waals surface area contributed by atoms with Crippen molar-refractivity contribution in [2.75, 3.05) is 13.1 Å². The summed E-state index contributed by atoms with van der Waals surface area (Å²) < 4.78 is 0. The van der Waals surface area contributed by atoms with E-state index in [0.29, 0.717) is 0 Å². The number of piperidine rings is 1. The van der Waals surface area contributed by atoms with Gasteiger partial charge >= 0.3 is 0 Å². The Labute approximate surface area is 140 Å². The Morgan fingerprint density at radius 3 is 2.74 bits per heavy atom. The first kappa shape index (κ1) is 14.8. The van der Waals surface area contributed by atoms with Crippen LogP contribution in [0.2, 0.25) is 0 Å². The van der Waals surface area contributed by atoms with E-state index in [9.17, 15) is 0 Å². The van der Waals surface area contributed by atoms with Crippen molar-refractivity contribution in [1.29, 1.82) is 0 Å². The van der Waals surface area contributed by atoms with Crippen LogP contribution in [0.5, 0.6) is 0 Å². The first-order valence-corrected chi connectivity index (χ1v) is 9.13. The van der Waals surface area contributed by atoms with Crippen LogP contribution in [0.4, 0.5) is 0 Å². The van der Waals surface area contributed by atoms with Crippen LogP contribution in [0.25, 0.3) is 21.2 Å². The van der Waals surface area contributed by atoms with E-state index in [-0.39, 0.29) is 0 Å². The number of hydrogen-bond acceptors (Lipinski definition) is 4. The van der Waals surface area contributed by atoms with Crippen LogP contribution in [0.3, 0.4) is 0 Å². The highest BCUT2D eigenvalue weighted by atomic mass is 32.1. The van der Waals surface area contributed by atoms with Crippen LogP contribution < -0.4 is 5.43 Å². The molecule has 4 rings (SSSR count). The summed E-state index contributed by atoms with van der Waals surface area (Å²) in [7, 11) is 0. The van der Waals surface area contributed by atoms with Gasteiger partial charge in [0.25, 0.3) is 0 Å². The number of hydrazine groups is 1. The highest BCUT2D eigenvalue weighted by Gasteiger charge is 2.11. The van der Waals surface area contributed by atoms with Crippen molar-refractivity contribution in [3.05, 3.63) is 53.7 Å². The minimum Gasteiger partial charge on any atom is -0.248 e. The maximum Gasteiger partial charge on any atom is 0.108 e. The summed E-state index contributed by atoms with van der Waals surface area (Å²) in [5, 5.41) is 6.07. The molecule has 1 aliphatic heterocycles. The number of aromatic nitrogens is 1. The maximum atomic E-state index is 4.61. The predicted octanol–water partition coefficient (Wildman–Crippen LogP) is 4.45. The van der Waals surface area contributed by atoms with E-state index in [2.05, 4.69) is 57.9 Å². The Bertz CT molecular complexity index is 785. The molecule has 0 bridgehead atoms. The van der Waals surface area contributed by atoms with Crippen LogP contribution in [0.1, 0.15) is 24.3 Å². The third-order valence-corrected chi connectivity index (χ3v) is 5.45. The molecule has 3 nitrogen and oxygen atoms in total. The lowest BCUT2D eigenvalue weighted by atomic mass is 10.0. The first-order chi connectivity index (χ1) is 11.4. The zero-order valence-corrected chi connectivity index (χ0v) is 14.0. The van der Waals surface area contributed by atoms with Gasteiger partial charge in [0.05, 0.1) is 11.4 Å². The van der Waals surface area contributed by atoms with Crippen LogP contribution in [0.15, 0.2) is 48.7 Å². The zero-order valence-electron chi connectivity index (χ0n) is 13.2. The minimum atomic E-state index is 0.829. The SMILES string of the molecule is c1ccc2c(-c3cnc(CNN4CCCCC4)s3)cccc2c1. The van der Waals surface area contributed by atoms with Crippen LogP contribution in [0, 0.1) is 0 Å². The normalized spacial score (nSPS) is 16.0. The molecule has 0 spiro atoms. The number of nitrogens with one attached hydrogen (secondary N) is 1. The fraction of sp³-hybridized carbons (Fsp3) is 0.316. The molecule has 1 aromatic heterocycles. The van der Waals surface area contributed by atoms with E-state index in [4.69, 9.17) is 0 Å². The molecule has 0 amide bonds. The molecule has 23 heavy (non-hydrogen) atoms. The molecule has 0 unspecified atom stereocenters. The average molecular weight is 323 g/mol. The molecule has 1 saturated heterocycles. The summed E-state index contributed by atoms with van der Waals surface area (Å²) in [4.78, 5) is 5.86. The number of thiazole rings is 1. The standard InChI is InChI=1S/C19H21N3S/c1-4-11-22(12-5-1)21-14-19-20-13-18(23-19)17-10-6-8-15-7-2-3-9-16(15)17/h2-3,6-10,13,21H,1,4-5,11-12,14H2. The zero-order chi connectivity index (χ0) is 15.5. The van der Waals surface area contributed by atoms with Gasteiger partial charge in [-0.25, -0.2) is 15.4 Å². The molecule has 2 heterocycles. The highest BCUT2D eigenvalue weighted by Crippen LogP contribution is 2.32. The Hall–Kier alpha value is -1.75. The number of fused-ring (bicyclic) bond motifs is 1. The first-order valence-electron chi connectivity index (χ1n) is 8.31. The third-order valence-electron chi connectivity index (χ3n) is 4.42. The maximum absolute atomic E-state index is 4.61. The molecule has 0 saturated carbocycles. The topological polar surface area (TPSA) is 28.2 Å². The Morgan fingerprint density at radius 2 is 1.83 bits per heavy atom. The van der Waals surface area contributed by atoms with Gasteiger partial charge in [0, 0.05) is 24.8 Å². The molecule has 0 radical (unpaired) electrons. The van der Waals surface area contributed by atoms with Crippen molar-refractivity contribution in [2.24, 2.45) is 0 Å². The molecule has 1 fully saturated rings. The largest absolute Gasteiger partial charge is 0.248 e. The fourth-order valence-electron chi connectivity index (χ4n) is 3.19. The number of rotatable bonds is 4. The third kappa shape index (κ3) is 3.29. The van der Waals surface area contributed by atoms with E-state index in [0.717, 1.165) is 24.6 Å². The molecule has 2 aromatic carbocycles. The summed E-state index contributed by atoms with van der Waals surface area (Å²) in [6.07, 6.45) is 5.97. The average Bonchev–Trinajstić information content (AvgIpc) is 3.09. The molecule has 1 aliphatic rings. The highest BCUT2D eigenvalue weighted by molar-refractivity contribution is 7.15. The molecule has 4 heteroatoms. The lowest BCUT2D eigenvalue weighted by Crippen LogP contribution is -2.41. The second kappa shape index (κ2) is 6.79. The van der Waals surface area contributed by atoms with Gasteiger partial charge in [0.2, 0.25) is 0 Å². The van der Waals surface area contributed by atoms with E-state index < -0.39 is 0 Å². The van der Waals surface area contributed by atoms with E-state index in [1.54, 1.807) is 11.3 Å². The number of hydrogen-bond donors (Lipinski definition) is 1. The van der Waals surface area contributed by atoms with Crippen molar-refractivity contribution in [3.63, 3.8) is 0 Å². The lowest BCUT2D eigenvalue weighted by Gasteiger charge is -2.26. The van der Waals surface area contributed by atoms with Gasteiger partial charge in [-0.3, -0.25) is 0 Å². The summed E-state index contributed by atoms with van der Waals surface area (Å²) >= 11 is 1.79. The summed E-state index contributed by atoms with van der Waals surface area (Å²) in [5.41, 5.74) is 4.80. The van der Waals surface area contributed by atoms with Gasteiger partial charge in [-0.15, -0.1) is 11.3 Å². The predicted molar refractivity (Wildman–Crippen MR) is 97.3 cm³/mol. The number of benzene rings is 2. The molecule has 118 valence electrons. The lowest BCUT2D eigenvalue weighted by molar-refractivity contribution is 0.151. The van der Waals surface area contributed by atoms with Crippen molar-refractivity contribution >= 4 is 22.1 Å². The second-order valence-corrected chi connectivity index (χ2v) is 7.14. The quantitative estimate of drug-likeness (QED) is 0.768. The molecule has 0 aliphatic carbocycles. The van der Waals surface area contributed by atoms with E-state index in [1.165, 1.54) is 40.5 Å². The number of nitrogens with zero attached hydrogens (tertiary/aromatic N) is 2. The molecular weight excluding hydrogens is 302 g/mol. The Balaban J connectivity index is 1.52. The Kier molecular flexibility index (Phi) is 4.37. The van der Waals surface area contributed by atoms with Gasteiger partial charge in [-0.2, -0.15) is 0 Å². The summed E-state index contributed by atoms with van der Waals surface area (Å²) in [6, 6.07) is 15.0. The molecular formula is C19H21N3S. The fourth-order valence-corrected chi connectivity index (χ4v) is 4.08. The summed E-state index contributed by atoms with van der Waals surface area (Å²) in [5.74, 6) is 0. The Morgan fingerprint density at radius 1 is 1.00 bits per heavy atom.